The van der Waals surface area contributed by atoms with E-state index in [1.807, 2.05) is 0 Å². The molecule has 3 aliphatic rings. The van der Waals surface area contributed by atoms with Gasteiger partial charge in [0.1, 0.15) is 54.9 Å². The average molecular weight is 624 g/mol. The minimum atomic E-state index is -1.64. The lowest BCUT2D eigenvalue weighted by atomic mass is 9.84. The summed E-state index contributed by atoms with van der Waals surface area (Å²) in [6, 6.07) is -2.67. The topological polar surface area (TPSA) is 274 Å². The second kappa shape index (κ2) is 17.9. The molecule has 0 aromatic heterocycles. The standard InChI is InChI=1S/C28H57N5O10/c1-2-3-4-5-6-7-8-9-10-33-13-17-19(34)18(32)21(36)27(41-17)42-25-14(30)11-15(31)26(24(25)39)43-28-23(38)22(37)20(35)16(12-29)40-28/h14-28,33-39H,2-13,29-32H2,1H3/t14-,15+,16-,17-,18+,19-,20-,21-,22+,23-,24-,25+,26-,27-,28-/m1/s1. The maximum Gasteiger partial charge on any atom is 0.187 e. The number of nitrogens with two attached hydrogens (primary N) is 4. The van der Waals surface area contributed by atoms with Gasteiger partial charge in [-0.25, -0.2) is 0 Å². The van der Waals surface area contributed by atoms with Crippen LogP contribution in [0.15, 0.2) is 0 Å². The third-order valence-corrected chi connectivity index (χ3v) is 8.85. The Hall–Kier alpha value is -0.600. The van der Waals surface area contributed by atoms with Gasteiger partial charge in [0.15, 0.2) is 12.6 Å². The molecule has 254 valence electrons. The van der Waals surface area contributed by atoms with Crippen LogP contribution < -0.4 is 28.3 Å². The van der Waals surface area contributed by atoms with Gasteiger partial charge in [-0.2, -0.15) is 0 Å². The molecule has 0 radical (unpaired) electrons. The van der Waals surface area contributed by atoms with Crippen LogP contribution in [0.5, 0.6) is 0 Å². The van der Waals surface area contributed by atoms with Crippen LogP contribution in [0.2, 0.25) is 0 Å². The van der Waals surface area contributed by atoms with Gasteiger partial charge in [0.05, 0.1) is 12.1 Å². The lowest BCUT2D eigenvalue weighted by molar-refractivity contribution is -0.330. The molecule has 3 fully saturated rings. The molecule has 15 atom stereocenters. The van der Waals surface area contributed by atoms with Crippen LogP contribution in [0.25, 0.3) is 0 Å². The summed E-state index contributed by atoms with van der Waals surface area (Å²) in [4.78, 5) is 0. The van der Waals surface area contributed by atoms with E-state index in [1.54, 1.807) is 0 Å². The molecule has 43 heavy (non-hydrogen) atoms. The lowest BCUT2D eigenvalue weighted by Gasteiger charge is -2.48. The highest BCUT2D eigenvalue weighted by molar-refractivity contribution is 5.01. The monoisotopic (exact) mass is 623 g/mol. The van der Waals surface area contributed by atoms with Gasteiger partial charge in [-0.1, -0.05) is 51.9 Å². The first-order chi connectivity index (χ1) is 20.5. The molecular weight excluding hydrogens is 566 g/mol. The van der Waals surface area contributed by atoms with Crippen LogP contribution in [-0.2, 0) is 18.9 Å². The van der Waals surface area contributed by atoms with Gasteiger partial charge < -0.3 is 77.8 Å². The van der Waals surface area contributed by atoms with Crippen molar-refractivity contribution in [3.8, 4) is 0 Å². The number of unbranched alkanes of at least 4 members (excludes halogenated alkanes) is 7. The molecule has 15 nitrogen and oxygen atoms in total. The molecule has 15 heteroatoms. The normalized spacial score (nSPS) is 44.0. The van der Waals surface area contributed by atoms with E-state index in [4.69, 9.17) is 41.9 Å². The SMILES string of the molecule is CCCCCCCCCCNC[C@H]1O[C@H](O[C@@H]2[C@@H](O)[C@H](O[C@H]3O[C@H](CN)[C@@H](O)[C@H](O)[C@H]3O)[C@@H](N)C[C@H]2N)[C@H](O)[C@@H](N)[C@@H]1O. The van der Waals surface area contributed by atoms with Crippen molar-refractivity contribution >= 4 is 0 Å². The highest BCUT2D eigenvalue weighted by Gasteiger charge is 2.51. The number of hydrogen-bond acceptors (Lipinski definition) is 15. The van der Waals surface area contributed by atoms with Crippen LogP contribution in [0, 0.1) is 0 Å². The summed E-state index contributed by atoms with van der Waals surface area (Å²) >= 11 is 0. The van der Waals surface area contributed by atoms with E-state index < -0.39 is 91.7 Å². The van der Waals surface area contributed by atoms with Crippen molar-refractivity contribution in [3.63, 3.8) is 0 Å². The summed E-state index contributed by atoms with van der Waals surface area (Å²) in [7, 11) is 0. The van der Waals surface area contributed by atoms with Crippen LogP contribution in [0.3, 0.4) is 0 Å². The molecule has 0 bridgehead atoms. The van der Waals surface area contributed by atoms with E-state index in [1.165, 1.54) is 38.5 Å². The minimum absolute atomic E-state index is 0.127. The van der Waals surface area contributed by atoms with Gasteiger partial charge in [0.25, 0.3) is 0 Å². The summed E-state index contributed by atoms with van der Waals surface area (Å²) in [6.45, 7) is 3.06. The van der Waals surface area contributed by atoms with Crippen LogP contribution >= 0.6 is 0 Å². The molecule has 0 spiro atoms. The maximum atomic E-state index is 11.2. The zero-order valence-corrected chi connectivity index (χ0v) is 25.3. The fraction of sp³-hybridized carbons (Fsp3) is 1.00. The van der Waals surface area contributed by atoms with Crippen molar-refractivity contribution in [1.29, 1.82) is 0 Å². The molecule has 0 amide bonds. The number of hydrogen-bond donors (Lipinski definition) is 11. The Bertz CT molecular complexity index is 790. The predicted octanol–water partition coefficient (Wildman–Crippen LogP) is -3.55. The van der Waals surface area contributed by atoms with E-state index in [9.17, 15) is 30.6 Å². The fourth-order valence-electron chi connectivity index (χ4n) is 6.05. The van der Waals surface area contributed by atoms with Crippen molar-refractivity contribution in [2.75, 3.05) is 19.6 Å². The Balaban J connectivity index is 1.54. The predicted molar refractivity (Wildman–Crippen MR) is 156 cm³/mol. The van der Waals surface area contributed by atoms with Crippen molar-refractivity contribution in [2.24, 2.45) is 22.9 Å². The van der Waals surface area contributed by atoms with E-state index in [-0.39, 0.29) is 19.5 Å². The van der Waals surface area contributed by atoms with E-state index in [2.05, 4.69) is 12.2 Å². The first-order valence-electron chi connectivity index (χ1n) is 15.9. The largest absolute Gasteiger partial charge is 0.389 e. The number of aliphatic hydroxyl groups is 6. The number of ether oxygens (including phenoxy) is 4. The molecule has 15 N–H and O–H groups in total. The molecule has 1 aliphatic carbocycles. The second-order valence-corrected chi connectivity index (χ2v) is 12.3. The molecule has 0 aromatic rings. The van der Waals surface area contributed by atoms with Crippen LogP contribution in [-0.4, -0.2) is 142 Å². The third-order valence-electron chi connectivity index (χ3n) is 8.85. The zero-order valence-electron chi connectivity index (χ0n) is 25.3. The van der Waals surface area contributed by atoms with Gasteiger partial charge in [-0.15, -0.1) is 0 Å². The molecule has 0 aromatic carbocycles. The molecule has 1 saturated carbocycles. The summed E-state index contributed by atoms with van der Waals surface area (Å²) in [6.07, 6.45) is -5.89. The first kappa shape index (κ1) is 36.9. The molecule has 2 saturated heterocycles. The summed E-state index contributed by atoms with van der Waals surface area (Å²) in [5, 5.41) is 66.6. The van der Waals surface area contributed by atoms with Crippen molar-refractivity contribution in [2.45, 2.75) is 156 Å². The summed E-state index contributed by atoms with van der Waals surface area (Å²) in [5.74, 6) is 0. The van der Waals surface area contributed by atoms with Gasteiger partial charge in [-0.05, 0) is 19.4 Å². The molecular formula is C28H57N5O10. The molecule has 2 aliphatic heterocycles. The number of nitrogens with one attached hydrogen (secondary N) is 1. The van der Waals surface area contributed by atoms with Crippen molar-refractivity contribution in [3.05, 3.63) is 0 Å². The summed E-state index contributed by atoms with van der Waals surface area (Å²) in [5.41, 5.74) is 24.2. The van der Waals surface area contributed by atoms with Crippen molar-refractivity contribution < 1.29 is 49.6 Å². The van der Waals surface area contributed by atoms with E-state index in [0.717, 1.165) is 19.4 Å². The zero-order chi connectivity index (χ0) is 31.7. The van der Waals surface area contributed by atoms with Crippen LogP contribution in [0.1, 0.15) is 64.7 Å². The maximum absolute atomic E-state index is 11.2. The molecule has 0 unspecified atom stereocenters. The highest BCUT2D eigenvalue weighted by atomic mass is 16.7. The molecule has 2 heterocycles. The Morgan fingerprint density at radius 1 is 0.651 bits per heavy atom. The third kappa shape index (κ3) is 9.70. The smallest absolute Gasteiger partial charge is 0.187 e. The van der Waals surface area contributed by atoms with Gasteiger partial charge in [-0.3, -0.25) is 0 Å². The van der Waals surface area contributed by atoms with Crippen LogP contribution in [0.4, 0.5) is 0 Å². The van der Waals surface area contributed by atoms with Gasteiger partial charge in [0, 0.05) is 25.2 Å². The lowest BCUT2D eigenvalue weighted by Crippen LogP contribution is -2.68. The van der Waals surface area contributed by atoms with E-state index >= 15 is 0 Å². The van der Waals surface area contributed by atoms with Gasteiger partial charge >= 0.3 is 0 Å². The highest BCUT2D eigenvalue weighted by Crippen LogP contribution is 2.31. The fourth-order valence-corrected chi connectivity index (χ4v) is 6.05. The Morgan fingerprint density at radius 3 is 1.77 bits per heavy atom. The quantitative estimate of drug-likeness (QED) is 0.0743. The van der Waals surface area contributed by atoms with E-state index in [0.29, 0.717) is 0 Å². The minimum Gasteiger partial charge on any atom is -0.389 e. The van der Waals surface area contributed by atoms with Gasteiger partial charge in [0.2, 0.25) is 0 Å². The van der Waals surface area contributed by atoms with Crippen molar-refractivity contribution in [1.82, 2.24) is 5.32 Å². The first-order valence-corrected chi connectivity index (χ1v) is 15.9. The Morgan fingerprint density at radius 2 is 1.19 bits per heavy atom. The second-order valence-electron chi connectivity index (χ2n) is 12.3. The Kier molecular flexibility index (Phi) is 15.4. The average Bonchev–Trinajstić information content (AvgIpc) is 2.98. The number of rotatable bonds is 16. The molecule has 3 rings (SSSR count). The number of aliphatic hydroxyl groups excluding tert-OH is 6. The Labute approximate surface area is 254 Å². The summed E-state index contributed by atoms with van der Waals surface area (Å²) < 4.78 is 23.2.